The van der Waals surface area contributed by atoms with Crippen LogP contribution in [0.2, 0.25) is 0 Å². The molecule has 3 N–H and O–H groups in total. The summed E-state index contributed by atoms with van der Waals surface area (Å²) in [5.41, 5.74) is 1.33. The zero-order valence-corrected chi connectivity index (χ0v) is 28.3. The molecule has 256 valence electrons. The molecule has 1 aromatic carbocycles. The first-order valence-electron chi connectivity index (χ1n) is 16.8. The maximum Gasteiger partial charge on any atom is 0.271 e. The Bertz CT molecular complexity index is 1320. The summed E-state index contributed by atoms with van der Waals surface area (Å²) in [5.74, 6) is -0.853. The molecule has 0 radical (unpaired) electrons. The van der Waals surface area contributed by atoms with Gasteiger partial charge in [0.25, 0.3) is 11.8 Å². The van der Waals surface area contributed by atoms with Gasteiger partial charge in [-0.1, -0.05) is 87.2 Å². The smallest absolute Gasteiger partial charge is 0.271 e. The predicted molar refractivity (Wildman–Crippen MR) is 185 cm³/mol. The summed E-state index contributed by atoms with van der Waals surface area (Å²) < 4.78 is 13.8. The molecular formula is C37H53N5O5. The highest BCUT2D eigenvalue weighted by Gasteiger charge is 2.31. The highest BCUT2D eigenvalue weighted by atomic mass is 16.5. The first-order chi connectivity index (χ1) is 22.9. The lowest BCUT2D eigenvalue weighted by atomic mass is 9.92. The third-order valence-corrected chi connectivity index (χ3v) is 8.46. The first-order valence-corrected chi connectivity index (χ1v) is 16.8. The second kappa shape index (κ2) is 20.3. The normalized spacial score (nSPS) is 21.9. The number of allylic oxidation sites excluding steroid dienone is 3. The molecule has 2 saturated carbocycles. The van der Waals surface area contributed by atoms with E-state index in [9.17, 15) is 14.4 Å². The molecule has 1 heterocycles. The van der Waals surface area contributed by atoms with Gasteiger partial charge >= 0.3 is 0 Å². The fourth-order valence-corrected chi connectivity index (χ4v) is 5.99. The number of ether oxygens (including phenoxy) is 2. The van der Waals surface area contributed by atoms with E-state index in [1.54, 1.807) is 0 Å². The minimum Gasteiger partial charge on any atom is -0.375 e. The predicted octanol–water partition coefficient (Wildman–Crippen LogP) is 5.52. The van der Waals surface area contributed by atoms with Crippen LogP contribution < -0.4 is 16.0 Å². The molecule has 5 atom stereocenters. The van der Waals surface area contributed by atoms with E-state index in [1.807, 2.05) is 55.5 Å². The van der Waals surface area contributed by atoms with Gasteiger partial charge in [-0.2, -0.15) is 5.10 Å². The van der Waals surface area contributed by atoms with Gasteiger partial charge in [0.1, 0.15) is 12.2 Å². The molecule has 4 rings (SSSR count). The number of carbonyl (C=O) groups excluding carboxylic acids is 3. The summed E-state index contributed by atoms with van der Waals surface area (Å²) in [6.07, 6.45) is 15.3. The number of hydrogen-bond acceptors (Lipinski definition) is 6. The van der Waals surface area contributed by atoms with Crippen LogP contribution in [-0.2, 0) is 27.4 Å². The van der Waals surface area contributed by atoms with Crippen LogP contribution >= 0.6 is 0 Å². The number of nitrogens with zero attached hydrogens (tertiary/aromatic N) is 2. The fraction of sp³-hybridized carbons (Fsp3) is 0.514. The van der Waals surface area contributed by atoms with E-state index in [4.69, 9.17) is 9.47 Å². The highest BCUT2D eigenvalue weighted by molar-refractivity contribution is 5.98. The molecule has 2 aromatic rings. The monoisotopic (exact) mass is 647 g/mol. The molecule has 0 bridgehead atoms. The van der Waals surface area contributed by atoms with Crippen LogP contribution in [0.5, 0.6) is 0 Å². The Kier molecular flexibility index (Phi) is 16.1. The van der Waals surface area contributed by atoms with E-state index in [2.05, 4.69) is 47.2 Å². The number of rotatable bonds is 14. The van der Waals surface area contributed by atoms with Crippen molar-refractivity contribution in [2.75, 3.05) is 13.7 Å². The van der Waals surface area contributed by atoms with Crippen LogP contribution in [0, 0.1) is 5.92 Å². The molecule has 2 aliphatic carbocycles. The molecule has 47 heavy (non-hydrogen) atoms. The molecule has 2 fully saturated rings. The van der Waals surface area contributed by atoms with Crippen molar-refractivity contribution in [3.8, 4) is 0 Å². The van der Waals surface area contributed by atoms with Crippen molar-refractivity contribution in [2.24, 2.45) is 5.92 Å². The number of aromatic nitrogens is 2. The van der Waals surface area contributed by atoms with Gasteiger partial charge in [-0.15, -0.1) is 13.2 Å². The molecular weight excluding hydrogens is 594 g/mol. The maximum atomic E-state index is 13.6. The van der Waals surface area contributed by atoms with Crippen molar-refractivity contribution in [3.63, 3.8) is 0 Å². The summed E-state index contributed by atoms with van der Waals surface area (Å²) in [5, 5.41) is 13.1. The lowest BCUT2D eigenvalue weighted by molar-refractivity contribution is -0.124. The van der Waals surface area contributed by atoms with Gasteiger partial charge in [0, 0.05) is 13.1 Å². The Morgan fingerprint density at radius 3 is 2.23 bits per heavy atom. The van der Waals surface area contributed by atoms with Gasteiger partial charge in [-0.25, -0.2) is 4.68 Å². The van der Waals surface area contributed by atoms with Crippen LogP contribution in [-0.4, -0.2) is 65.4 Å². The van der Waals surface area contributed by atoms with Gasteiger partial charge in [-0.05, 0) is 44.1 Å². The summed E-state index contributed by atoms with van der Waals surface area (Å²) in [6, 6.07) is 11.1. The van der Waals surface area contributed by atoms with Crippen molar-refractivity contribution < 1.29 is 23.9 Å². The quantitative estimate of drug-likeness (QED) is 0.184. The number of nitrogens with one attached hydrogen (secondary N) is 3. The summed E-state index contributed by atoms with van der Waals surface area (Å²) >= 11 is 0. The van der Waals surface area contributed by atoms with Crippen LogP contribution in [0.1, 0.15) is 91.8 Å². The average Bonchev–Trinajstić information content (AvgIpc) is 3.52. The topological polar surface area (TPSA) is 124 Å². The summed E-state index contributed by atoms with van der Waals surface area (Å²) in [4.78, 5) is 39.4. The Morgan fingerprint density at radius 1 is 0.936 bits per heavy atom. The second-order valence-corrected chi connectivity index (χ2v) is 12.1. The Labute approximate surface area is 280 Å². The third-order valence-electron chi connectivity index (χ3n) is 8.46. The van der Waals surface area contributed by atoms with Gasteiger partial charge < -0.3 is 25.4 Å². The van der Waals surface area contributed by atoms with E-state index < -0.39 is 5.91 Å². The highest BCUT2D eigenvalue weighted by Crippen LogP contribution is 2.24. The molecule has 3 amide bonds. The molecule has 2 aliphatic rings. The maximum absolute atomic E-state index is 13.6. The lowest BCUT2D eigenvalue weighted by Gasteiger charge is -2.33. The minimum absolute atomic E-state index is 0.0790. The van der Waals surface area contributed by atoms with E-state index in [-0.39, 0.29) is 60.0 Å². The van der Waals surface area contributed by atoms with E-state index >= 15 is 0 Å². The van der Waals surface area contributed by atoms with Crippen molar-refractivity contribution >= 4 is 17.7 Å². The Morgan fingerprint density at radius 2 is 1.57 bits per heavy atom. The molecule has 1 aromatic heterocycles. The Hall–Kier alpha value is -4.02. The van der Waals surface area contributed by atoms with Crippen LogP contribution in [0.15, 0.2) is 73.9 Å². The molecule has 10 heteroatoms. The number of hydrogen-bond donors (Lipinski definition) is 3. The van der Waals surface area contributed by atoms with Crippen molar-refractivity contribution in [1.29, 1.82) is 0 Å². The zero-order chi connectivity index (χ0) is 34.0. The van der Waals surface area contributed by atoms with Crippen LogP contribution in [0.4, 0.5) is 0 Å². The SMILES string of the molecule is C/C=C\C=C/C(C)CO[C@H]1CCCC[C@@H]1NC(=O)c1cc(C(=O)NC)nn1CC(=O)N[C@H]1CCCC[C@@H]1OCc1ccccc1.C=C. The van der Waals surface area contributed by atoms with E-state index in [1.165, 1.54) is 17.8 Å². The largest absolute Gasteiger partial charge is 0.375 e. The molecule has 0 aliphatic heterocycles. The van der Waals surface area contributed by atoms with Gasteiger partial charge in [0.15, 0.2) is 5.69 Å². The number of benzene rings is 1. The first kappa shape index (κ1) is 37.4. The molecule has 0 saturated heterocycles. The van der Waals surface area contributed by atoms with Gasteiger partial charge in [0.2, 0.25) is 5.91 Å². The van der Waals surface area contributed by atoms with Crippen molar-refractivity contribution in [1.82, 2.24) is 25.7 Å². The van der Waals surface area contributed by atoms with Crippen molar-refractivity contribution in [2.45, 2.75) is 103 Å². The zero-order valence-electron chi connectivity index (χ0n) is 28.3. The van der Waals surface area contributed by atoms with Gasteiger partial charge in [-0.3, -0.25) is 14.4 Å². The van der Waals surface area contributed by atoms with Crippen molar-refractivity contribution in [3.05, 3.63) is 90.8 Å². The third kappa shape index (κ3) is 11.9. The van der Waals surface area contributed by atoms with Crippen LogP contribution in [0.25, 0.3) is 0 Å². The minimum atomic E-state index is -0.427. The molecule has 10 nitrogen and oxygen atoms in total. The van der Waals surface area contributed by atoms with Gasteiger partial charge in [0.05, 0.1) is 37.5 Å². The second-order valence-electron chi connectivity index (χ2n) is 12.1. The summed E-state index contributed by atoms with van der Waals surface area (Å²) in [6.45, 7) is 10.9. The number of carbonyl (C=O) groups is 3. The molecule has 1 unspecified atom stereocenters. The van der Waals surface area contributed by atoms with E-state index in [0.29, 0.717) is 13.2 Å². The number of amides is 3. The average molecular weight is 648 g/mol. The standard InChI is InChI=1S/C35H49N5O5.C2H4/c1-4-5-7-14-25(2)23-44-32-20-13-11-18-28(32)38-35(43)30-21-29(34(42)36-3)39-40(30)22-33(41)37-27-17-10-12-19-31(27)45-24-26-15-8-6-9-16-26;1-2/h4-9,14-16,21,25,27-28,31-32H,10-13,17-20,22-24H2,1-3H3,(H,36,42)(H,37,41)(H,38,43);1-2H2/b5-4-,14-7-;/t25?,27-,28-,31-,32-;/m0./s1. The lowest BCUT2D eigenvalue weighted by Crippen LogP contribution is -2.48. The molecule has 0 spiro atoms. The summed E-state index contributed by atoms with van der Waals surface area (Å²) in [7, 11) is 1.51. The fourth-order valence-electron chi connectivity index (χ4n) is 5.99. The van der Waals surface area contributed by atoms with E-state index in [0.717, 1.165) is 56.9 Å². The Balaban J connectivity index is 0.00000294. The van der Waals surface area contributed by atoms with Crippen LogP contribution in [0.3, 0.4) is 0 Å².